The highest BCUT2D eigenvalue weighted by Gasteiger charge is 2.18. The third kappa shape index (κ3) is 5.31. The van der Waals surface area contributed by atoms with E-state index in [0.717, 1.165) is 0 Å². The zero-order chi connectivity index (χ0) is 16.0. The number of amides is 2. The van der Waals surface area contributed by atoms with Crippen LogP contribution in [-0.2, 0) is 4.74 Å². The predicted octanol–water partition coefficient (Wildman–Crippen LogP) is 2.03. The lowest BCUT2D eigenvalue weighted by atomic mass is 10.1. The Morgan fingerprint density at radius 1 is 1.33 bits per heavy atom. The lowest BCUT2D eigenvalue weighted by Crippen LogP contribution is -2.42. The van der Waals surface area contributed by atoms with E-state index in [0.29, 0.717) is 18.8 Å². The molecule has 0 atom stereocenters. The highest BCUT2D eigenvalue weighted by molar-refractivity contribution is 5.93. The van der Waals surface area contributed by atoms with Crippen LogP contribution in [0.2, 0.25) is 0 Å². The number of anilines is 1. The van der Waals surface area contributed by atoms with E-state index < -0.39 is 23.4 Å². The highest BCUT2D eigenvalue weighted by atomic mass is 16.5. The summed E-state index contributed by atoms with van der Waals surface area (Å²) < 4.78 is 5.44. The standard InChI is InChI=1S/C14H20N2O5/c1-4-21-14(2,3)8-15-13(20)16-9-5-6-10(12(18)19)11(17)7-9/h5-7,17H,4,8H2,1-3H3,(H,18,19)(H2,15,16,20). The molecule has 0 spiro atoms. The molecule has 1 aromatic carbocycles. The summed E-state index contributed by atoms with van der Waals surface area (Å²) >= 11 is 0. The number of carbonyl (C=O) groups is 2. The normalized spacial score (nSPS) is 11.0. The number of rotatable bonds is 6. The van der Waals surface area contributed by atoms with Gasteiger partial charge >= 0.3 is 12.0 Å². The molecule has 2 amide bonds. The van der Waals surface area contributed by atoms with Crippen LogP contribution in [0.4, 0.5) is 10.5 Å². The molecular weight excluding hydrogens is 276 g/mol. The lowest BCUT2D eigenvalue weighted by molar-refractivity contribution is -0.00663. The first kappa shape index (κ1) is 16.8. The van der Waals surface area contributed by atoms with E-state index in [4.69, 9.17) is 9.84 Å². The second-order valence-electron chi connectivity index (χ2n) is 5.04. The fraction of sp³-hybridized carbons (Fsp3) is 0.429. The van der Waals surface area contributed by atoms with Gasteiger partial charge in [0.2, 0.25) is 0 Å². The number of aromatic carboxylic acids is 1. The minimum atomic E-state index is -1.23. The van der Waals surface area contributed by atoms with Gasteiger partial charge in [0.15, 0.2) is 0 Å². The number of nitrogens with one attached hydrogen (secondary N) is 2. The SMILES string of the molecule is CCOC(C)(C)CNC(=O)Nc1ccc(C(=O)O)c(O)c1. The van der Waals surface area contributed by atoms with Crippen LogP contribution in [0.3, 0.4) is 0 Å². The number of benzene rings is 1. The number of aromatic hydroxyl groups is 1. The van der Waals surface area contributed by atoms with Crippen LogP contribution in [0.25, 0.3) is 0 Å². The van der Waals surface area contributed by atoms with Crippen LogP contribution in [-0.4, -0.2) is 41.0 Å². The van der Waals surface area contributed by atoms with Gasteiger partial charge in [0.05, 0.1) is 5.60 Å². The van der Waals surface area contributed by atoms with E-state index in [9.17, 15) is 14.7 Å². The Morgan fingerprint density at radius 3 is 2.52 bits per heavy atom. The second-order valence-corrected chi connectivity index (χ2v) is 5.04. The van der Waals surface area contributed by atoms with E-state index in [1.165, 1.54) is 18.2 Å². The number of carbonyl (C=O) groups excluding carboxylic acids is 1. The summed E-state index contributed by atoms with van der Waals surface area (Å²) in [6.45, 7) is 6.43. The van der Waals surface area contributed by atoms with Crippen molar-refractivity contribution in [2.75, 3.05) is 18.5 Å². The fourth-order valence-electron chi connectivity index (χ4n) is 1.70. The van der Waals surface area contributed by atoms with Crippen LogP contribution in [0.15, 0.2) is 18.2 Å². The maximum atomic E-state index is 11.7. The van der Waals surface area contributed by atoms with Crippen LogP contribution in [0.5, 0.6) is 5.75 Å². The van der Waals surface area contributed by atoms with Crippen molar-refractivity contribution in [3.05, 3.63) is 23.8 Å². The molecule has 7 heteroatoms. The van der Waals surface area contributed by atoms with E-state index >= 15 is 0 Å². The Bertz CT molecular complexity index is 528. The van der Waals surface area contributed by atoms with Gasteiger partial charge in [-0.3, -0.25) is 0 Å². The summed E-state index contributed by atoms with van der Waals surface area (Å²) in [5, 5.41) is 23.5. The van der Waals surface area contributed by atoms with Crippen molar-refractivity contribution >= 4 is 17.7 Å². The Hall–Kier alpha value is -2.28. The quantitative estimate of drug-likeness (QED) is 0.642. The monoisotopic (exact) mass is 296 g/mol. The number of carboxylic acids is 1. The summed E-state index contributed by atoms with van der Waals surface area (Å²) in [6, 6.07) is 3.33. The van der Waals surface area contributed by atoms with Crippen molar-refractivity contribution in [2.45, 2.75) is 26.4 Å². The summed E-state index contributed by atoms with van der Waals surface area (Å²) in [6.07, 6.45) is 0. The van der Waals surface area contributed by atoms with Crippen LogP contribution >= 0.6 is 0 Å². The first-order chi connectivity index (χ1) is 9.75. The minimum Gasteiger partial charge on any atom is -0.507 e. The molecule has 0 fully saturated rings. The highest BCUT2D eigenvalue weighted by Crippen LogP contribution is 2.21. The fourth-order valence-corrected chi connectivity index (χ4v) is 1.70. The molecule has 0 radical (unpaired) electrons. The van der Waals surface area contributed by atoms with Gasteiger partial charge in [0.1, 0.15) is 11.3 Å². The summed E-state index contributed by atoms with van der Waals surface area (Å²) in [5.74, 6) is -1.64. The van der Waals surface area contributed by atoms with Gasteiger partial charge < -0.3 is 25.6 Å². The van der Waals surface area contributed by atoms with E-state index in [1.54, 1.807) is 0 Å². The summed E-state index contributed by atoms with van der Waals surface area (Å²) in [4.78, 5) is 22.5. The zero-order valence-corrected chi connectivity index (χ0v) is 12.3. The molecule has 1 aromatic rings. The number of hydrogen-bond acceptors (Lipinski definition) is 4. The number of ether oxygens (including phenoxy) is 1. The van der Waals surface area contributed by atoms with Crippen molar-refractivity contribution in [3.63, 3.8) is 0 Å². The molecule has 0 saturated heterocycles. The van der Waals surface area contributed by atoms with Crippen LogP contribution in [0.1, 0.15) is 31.1 Å². The third-order valence-corrected chi connectivity index (χ3v) is 2.70. The van der Waals surface area contributed by atoms with Crippen molar-refractivity contribution in [1.29, 1.82) is 0 Å². The van der Waals surface area contributed by atoms with Crippen molar-refractivity contribution in [3.8, 4) is 5.75 Å². The molecule has 7 nitrogen and oxygen atoms in total. The van der Waals surface area contributed by atoms with Gasteiger partial charge in [-0.1, -0.05) is 0 Å². The van der Waals surface area contributed by atoms with Gasteiger partial charge in [0.25, 0.3) is 0 Å². The van der Waals surface area contributed by atoms with E-state index in [2.05, 4.69) is 10.6 Å². The third-order valence-electron chi connectivity index (χ3n) is 2.70. The van der Waals surface area contributed by atoms with Gasteiger partial charge in [-0.2, -0.15) is 0 Å². The Labute approximate surface area is 122 Å². The lowest BCUT2D eigenvalue weighted by Gasteiger charge is -2.24. The summed E-state index contributed by atoms with van der Waals surface area (Å²) in [5.41, 5.74) is -0.413. The van der Waals surface area contributed by atoms with Gasteiger partial charge in [-0.25, -0.2) is 9.59 Å². The Balaban J connectivity index is 2.59. The van der Waals surface area contributed by atoms with Crippen molar-refractivity contribution < 1.29 is 24.5 Å². The molecule has 0 aliphatic heterocycles. The molecule has 0 bridgehead atoms. The van der Waals surface area contributed by atoms with Gasteiger partial charge in [0, 0.05) is 24.9 Å². The summed E-state index contributed by atoms with van der Waals surface area (Å²) in [7, 11) is 0. The maximum absolute atomic E-state index is 11.7. The van der Waals surface area contributed by atoms with E-state index in [-0.39, 0.29) is 5.56 Å². The second kappa shape index (κ2) is 6.94. The first-order valence-electron chi connectivity index (χ1n) is 6.50. The van der Waals surface area contributed by atoms with Crippen LogP contribution < -0.4 is 10.6 Å². The molecule has 1 rings (SSSR count). The molecule has 0 saturated carbocycles. The average Bonchev–Trinajstić information content (AvgIpc) is 2.36. The largest absolute Gasteiger partial charge is 0.507 e. The van der Waals surface area contributed by atoms with Gasteiger partial charge in [-0.05, 0) is 32.9 Å². The molecular formula is C14H20N2O5. The molecule has 0 unspecified atom stereocenters. The number of carboxylic acid groups (broad SMARTS) is 1. The minimum absolute atomic E-state index is 0.224. The molecule has 21 heavy (non-hydrogen) atoms. The maximum Gasteiger partial charge on any atom is 0.339 e. The van der Waals surface area contributed by atoms with Crippen molar-refractivity contribution in [2.24, 2.45) is 0 Å². The topological polar surface area (TPSA) is 108 Å². The molecule has 0 aliphatic carbocycles. The molecule has 0 aliphatic rings. The van der Waals surface area contributed by atoms with Gasteiger partial charge in [-0.15, -0.1) is 0 Å². The zero-order valence-electron chi connectivity index (χ0n) is 12.3. The number of phenols is 1. The van der Waals surface area contributed by atoms with E-state index in [1.807, 2.05) is 20.8 Å². The van der Waals surface area contributed by atoms with Crippen molar-refractivity contribution in [1.82, 2.24) is 5.32 Å². The Morgan fingerprint density at radius 2 is 2.00 bits per heavy atom. The average molecular weight is 296 g/mol. The molecule has 0 aromatic heterocycles. The number of urea groups is 1. The molecule has 116 valence electrons. The number of hydrogen-bond donors (Lipinski definition) is 4. The first-order valence-corrected chi connectivity index (χ1v) is 6.50. The molecule has 0 heterocycles. The van der Waals surface area contributed by atoms with Crippen LogP contribution in [0, 0.1) is 0 Å². The Kier molecular flexibility index (Phi) is 5.54. The predicted molar refractivity (Wildman–Crippen MR) is 77.8 cm³/mol. The molecule has 4 N–H and O–H groups in total. The smallest absolute Gasteiger partial charge is 0.339 e.